The van der Waals surface area contributed by atoms with Crippen molar-refractivity contribution in [3.8, 4) is 5.75 Å². The van der Waals surface area contributed by atoms with E-state index in [-0.39, 0.29) is 15.7 Å². The topological polar surface area (TPSA) is 43.4 Å². The zero-order valence-corrected chi connectivity index (χ0v) is 10.8. The average molecular weight is 269 g/mol. The maximum atomic E-state index is 11.3. The standard InChI is InChI=1S/C9H10Cl2O3S/c1-5-4-6(2)8(14-3)9(7(5)10)15(11,12)13/h4H,1-3H3. The van der Waals surface area contributed by atoms with E-state index >= 15 is 0 Å². The minimum atomic E-state index is -3.91. The van der Waals surface area contributed by atoms with E-state index < -0.39 is 9.05 Å². The van der Waals surface area contributed by atoms with Gasteiger partial charge in [-0.05, 0) is 25.0 Å². The van der Waals surface area contributed by atoms with Crippen LogP contribution in [-0.4, -0.2) is 15.5 Å². The molecule has 0 spiro atoms. The lowest BCUT2D eigenvalue weighted by molar-refractivity contribution is 0.400. The minimum Gasteiger partial charge on any atom is -0.495 e. The largest absolute Gasteiger partial charge is 0.495 e. The molecule has 0 fully saturated rings. The summed E-state index contributed by atoms with van der Waals surface area (Å²) in [5, 5.41) is 0.104. The van der Waals surface area contributed by atoms with Crippen molar-refractivity contribution in [2.75, 3.05) is 7.11 Å². The maximum Gasteiger partial charge on any atom is 0.266 e. The second-order valence-electron chi connectivity index (χ2n) is 3.12. The van der Waals surface area contributed by atoms with Gasteiger partial charge in [0, 0.05) is 10.7 Å². The molecule has 0 unspecified atom stereocenters. The predicted molar refractivity (Wildman–Crippen MR) is 60.5 cm³/mol. The Morgan fingerprint density at radius 1 is 1.27 bits per heavy atom. The number of ether oxygens (including phenoxy) is 1. The highest BCUT2D eigenvalue weighted by Crippen LogP contribution is 2.38. The lowest BCUT2D eigenvalue weighted by Gasteiger charge is -2.12. The van der Waals surface area contributed by atoms with E-state index in [4.69, 9.17) is 27.0 Å². The molecule has 15 heavy (non-hydrogen) atoms. The molecular weight excluding hydrogens is 259 g/mol. The van der Waals surface area contributed by atoms with Crippen LogP contribution in [0.5, 0.6) is 5.75 Å². The molecule has 3 nitrogen and oxygen atoms in total. The molecule has 0 aliphatic heterocycles. The highest BCUT2D eigenvalue weighted by Gasteiger charge is 2.24. The van der Waals surface area contributed by atoms with E-state index in [9.17, 15) is 8.42 Å². The van der Waals surface area contributed by atoms with E-state index in [0.717, 1.165) is 0 Å². The van der Waals surface area contributed by atoms with Gasteiger partial charge in [-0.1, -0.05) is 17.7 Å². The first-order chi connectivity index (χ1) is 6.79. The van der Waals surface area contributed by atoms with Crippen LogP contribution in [-0.2, 0) is 9.05 Å². The Labute approximate surface area is 98.4 Å². The summed E-state index contributed by atoms with van der Waals surface area (Å²) in [6, 6.07) is 1.74. The molecule has 0 saturated heterocycles. The summed E-state index contributed by atoms with van der Waals surface area (Å²) in [7, 11) is 2.77. The molecule has 6 heteroatoms. The van der Waals surface area contributed by atoms with E-state index in [0.29, 0.717) is 11.1 Å². The quantitative estimate of drug-likeness (QED) is 0.775. The van der Waals surface area contributed by atoms with E-state index in [2.05, 4.69) is 0 Å². The zero-order valence-electron chi connectivity index (χ0n) is 8.47. The summed E-state index contributed by atoms with van der Waals surface area (Å²) in [6.07, 6.45) is 0. The molecule has 0 aliphatic rings. The molecule has 1 aromatic rings. The molecule has 0 bridgehead atoms. The molecule has 0 atom stereocenters. The van der Waals surface area contributed by atoms with Crippen molar-refractivity contribution in [3.05, 3.63) is 22.2 Å². The molecular formula is C9H10Cl2O3S. The summed E-state index contributed by atoms with van der Waals surface area (Å²) >= 11 is 5.89. The Balaban J connectivity index is 3.74. The van der Waals surface area contributed by atoms with Crippen molar-refractivity contribution < 1.29 is 13.2 Å². The Kier molecular flexibility index (Phi) is 3.53. The first-order valence-corrected chi connectivity index (χ1v) is 6.76. The molecule has 1 aromatic carbocycles. The van der Waals surface area contributed by atoms with Crippen molar-refractivity contribution in [2.45, 2.75) is 18.7 Å². The van der Waals surface area contributed by atoms with Crippen LogP contribution < -0.4 is 4.74 Å². The Bertz CT molecular complexity index is 495. The predicted octanol–water partition coefficient (Wildman–Crippen LogP) is 2.89. The second kappa shape index (κ2) is 4.20. The SMILES string of the molecule is COc1c(C)cc(C)c(Cl)c1S(=O)(=O)Cl. The highest BCUT2D eigenvalue weighted by atomic mass is 35.7. The molecule has 1 rings (SSSR count). The maximum absolute atomic E-state index is 11.3. The summed E-state index contributed by atoms with van der Waals surface area (Å²) in [4.78, 5) is -0.161. The van der Waals surface area contributed by atoms with Gasteiger partial charge >= 0.3 is 0 Å². The van der Waals surface area contributed by atoms with Gasteiger partial charge in [-0.3, -0.25) is 0 Å². The molecule has 0 amide bonds. The first-order valence-electron chi connectivity index (χ1n) is 4.07. The van der Waals surface area contributed by atoms with Gasteiger partial charge < -0.3 is 4.74 Å². The van der Waals surface area contributed by atoms with Gasteiger partial charge in [0.2, 0.25) is 0 Å². The van der Waals surface area contributed by atoms with Crippen LogP contribution in [0.2, 0.25) is 5.02 Å². The van der Waals surface area contributed by atoms with Gasteiger partial charge in [-0.2, -0.15) is 0 Å². The number of rotatable bonds is 2. The molecule has 0 radical (unpaired) electrons. The Hall–Kier alpha value is -0.450. The minimum absolute atomic E-state index is 0.104. The molecule has 0 N–H and O–H groups in total. The number of halogens is 2. The van der Waals surface area contributed by atoms with E-state index in [1.54, 1.807) is 19.9 Å². The van der Waals surface area contributed by atoms with Gasteiger partial charge in [0.25, 0.3) is 9.05 Å². The fraction of sp³-hybridized carbons (Fsp3) is 0.333. The van der Waals surface area contributed by atoms with Gasteiger partial charge in [0.05, 0.1) is 12.1 Å². The van der Waals surface area contributed by atoms with Crippen molar-refractivity contribution in [1.82, 2.24) is 0 Å². The third-order valence-electron chi connectivity index (χ3n) is 1.99. The van der Waals surface area contributed by atoms with Crippen LogP contribution in [0, 0.1) is 13.8 Å². The molecule has 84 valence electrons. The van der Waals surface area contributed by atoms with Crippen LogP contribution in [0.15, 0.2) is 11.0 Å². The molecule has 0 aromatic heterocycles. The number of methoxy groups -OCH3 is 1. The Morgan fingerprint density at radius 3 is 2.20 bits per heavy atom. The van der Waals surface area contributed by atoms with Gasteiger partial charge in [-0.25, -0.2) is 8.42 Å². The van der Waals surface area contributed by atoms with Gasteiger partial charge in [0.15, 0.2) is 0 Å². The highest BCUT2D eigenvalue weighted by molar-refractivity contribution is 8.14. The van der Waals surface area contributed by atoms with Crippen LogP contribution in [0.3, 0.4) is 0 Å². The summed E-state index contributed by atoms with van der Waals surface area (Å²) in [5.74, 6) is 0.195. The monoisotopic (exact) mass is 268 g/mol. The van der Waals surface area contributed by atoms with Gasteiger partial charge in [-0.15, -0.1) is 0 Å². The first kappa shape index (κ1) is 12.6. The second-order valence-corrected chi connectivity index (χ2v) is 6.01. The lowest BCUT2D eigenvalue weighted by atomic mass is 10.1. The number of hydrogen-bond acceptors (Lipinski definition) is 3. The summed E-state index contributed by atoms with van der Waals surface area (Å²) in [5.41, 5.74) is 1.33. The van der Waals surface area contributed by atoms with Crippen LogP contribution in [0.1, 0.15) is 11.1 Å². The fourth-order valence-electron chi connectivity index (χ4n) is 1.38. The van der Waals surface area contributed by atoms with Crippen LogP contribution in [0.25, 0.3) is 0 Å². The van der Waals surface area contributed by atoms with Crippen LogP contribution >= 0.6 is 22.3 Å². The van der Waals surface area contributed by atoms with Crippen molar-refractivity contribution in [2.24, 2.45) is 0 Å². The zero-order chi connectivity index (χ0) is 11.8. The summed E-state index contributed by atoms with van der Waals surface area (Å²) < 4.78 is 27.7. The smallest absolute Gasteiger partial charge is 0.266 e. The summed E-state index contributed by atoms with van der Waals surface area (Å²) in [6.45, 7) is 3.44. The van der Waals surface area contributed by atoms with Crippen molar-refractivity contribution in [1.29, 1.82) is 0 Å². The van der Waals surface area contributed by atoms with Gasteiger partial charge in [0.1, 0.15) is 10.6 Å². The number of benzene rings is 1. The average Bonchev–Trinajstić information content (AvgIpc) is 2.08. The molecule has 0 heterocycles. The number of hydrogen-bond donors (Lipinski definition) is 0. The van der Waals surface area contributed by atoms with E-state index in [1.165, 1.54) is 7.11 Å². The fourth-order valence-corrected chi connectivity index (χ4v) is 3.23. The van der Waals surface area contributed by atoms with Crippen molar-refractivity contribution >= 4 is 31.3 Å². The third-order valence-corrected chi connectivity index (χ3v) is 3.93. The van der Waals surface area contributed by atoms with Crippen LogP contribution in [0.4, 0.5) is 0 Å². The van der Waals surface area contributed by atoms with E-state index in [1.807, 2.05) is 0 Å². The molecule has 0 saturated carbocycles. The normalized spacial score (nSPS) is 11.5. The third kappa shape index (κ3) is 2.38. The lowest BCUT2D eigenvalue weighted by Crippen LogP contribution is -2.01. The number of aryl methyl sites for hydroxylation is 2. The molecule has 0 aliphatic carbocycles. The van der Waals surface area contributed by atoms with Crippen molar-refractivity contribution in [3.63, 3.8) is 0 Å². The Morgan fingerprint density at radius 2 is 1.80 bits per heavy atom.